The van der Waals surface area contributed by atoms with Gasteiger partial charge >= 0.3 is 39.0 Å². The first-order valence-electron chi connectivity index (χ1n) is 0.752. The van der Waals surface area contributed by atoms with E-state index in [0.29, 0.717) is 0 Å². The molecule has 5 heteroatoms. The quantitative estimate of drug-likeness (QED) is 0.198. The van der Waals surface area contributed by atoms with E-state index in [2.05, 4.69) is 3.95 Å². The number of halogens is 1. The number of rotatable bonds is 1. The standard InChI is InChI=1S/H2IN2O2/c2-1-3(4)5/h2H2/q-1. The maximum absolute atomic E-state index is 9.10. The van der Waals surface area contributed by atoms with E-state index in [0.717, 1.165) is 0 Å². The van der Waals surface area contributed by atoms with Crippen LogP contribution in [-0.4, -0.2) is 3.14 Å². The molecule has 0 aromatic rings. The molecule has 0 fully saturated rings. The monoisotopic (exact) mass is 189 g/mol. The van der Waals surface area contributed by atoms with E-state index < -0.39 is 24.9 Å². The molecule has 0 saturated carbocycles. The normalized spacial score (nSPS) is 8.20. The molecule has 4 nitrogen and oxygen atoms in total. The van der Waals surface area contributed by atoms with Gasteiger partial charge in [0.2, 0.25) is 0 Å². The fourth-order valence-electron chi connectivity index (χ4n) is 0. The van der Waals surface area contributed by atoms with Gasteiger partial charge in [0.15, 0.2) is 0 Å². The molecule has 0 aliphatic rings. The summed E-state index contributed by atoms with van der Waals surface area (Å²) in [6.07, 6.45) is 0. The van der Waals surface area contributed by atoms with Crippen molar-refractivity contribution in [2.24, 2.45) is 3.95 Å². The summed E-state index contributed by atoms with van der Waals surface area (Å²) in [7, 11) is 0. The molecule has 0 heterocycles. The average molecular weight is 189 g/mol. The molecule has 0 aromatic carbocycles. The van der Waals surface area contributed by atoms with Gasteiger partial charge in [-0.2, -0.15) is 0 Å². The van der Waals surface area contributed by atoms with Crippen LogP contribution < -0.4 is 25.7 Å². The Morgan fingerprint density at radius 2 is 2.20 bits per heavy atom. The molecule has 0 saturated heterocycles. The zero-order chi connectivity index (χ0) is 4.28. The average Bonchev–Trinajstić information content (AvgIpc) is 1.38. The summed E-state index contributed by atoms with van der Waals surface area (Å²) in [5.74, 6) is 0. The first-order valence-corrected chi connectivity index (χ1v) is 2.96. The summed E-state index contributed by atoms with van der Waals surface area (Å²) in [5, 5.41) is 9.10. The van der Waals surface area contributed by atoms with Crippen molar-refractivity contribution in [1.82, 2.24) is 0 Å². The second kappa shape index (κ2) is 2.33. The third-order valence-electron chi connectivity index (χ3n) is 0.0797. The molecule has 2 N–H and O–H groups in total. The molecule has 5 heavy (non-hydrogen) atoms. The second-order valence-corrected chi connectivity index (χ2v) is 1.66. The SMILES string of the molecule is N[I-][N+](=O)[O-]. The van der Waals surface area contributed by atoms with Crippen LogP contribution in [-0.2, 0) is 0 Å². The molecule has 0 aliphatic carbocycles. The summed E-state index contributed by atoms with van der Waals surface area (Å²) in [5.41, 5.74) is 0. The van der Waals surface area contributed by atoms with Gasteiger partial charge in [-0.1, -0.05) is 0 Å². The van der Waals surface area contributed by atoms with Crippen molar-refractivity contribution in [3.05, 3.63) is 10.1 Å². The Bertz CT molecular complexity index is 42.9. The molecular weight excluding hydrogens is 187 g/mol. The Kier molecular flexibility index (Phi) is 2.38. The number of nitrogens with zero attached hydrogens (tertiary/aromatic N) is 1. The van der Waals surface area contributed by atoms with Crippen molar-refractivity contribution in [1.29, 1.82) is 0 Å². The predicted octanol–water partition coefficient (Wildman–Crippen LogP) is -3.86. The molecule has 0 rings (SSSR count). The molecule has 0 aromatic heterocycles. The predicted molar refractivity (Wildman–Crippen MR) is 11.2 cm³/mol. The summed E-state index contributed by atoms with van der Waals surface area (Å²) in [6.45, 7) is 0. The molecule has 0 spiro atoms. The zero-order valence-electron chi connectivity index (χ0n) is 2.22. The van der Waals surface area contributed by atoms with Gasteiger partial charge in [0.1, 0.15) is 0 Å². The third-order valence-corrected chi connectivity index (χ3v) is 0.535. The minimum absolute atomic E-state index is 0.487. The minimum atomic E-state index is -1.23. The van der Waals surface area contributed by atoms with Gasteiger partial charge in [0.05, 0.1) is 0 Å². The van der Waals surface area contributed by atoms with Gasteiger partial charge in [-0.15, -0.1) is 0 Å². The second-order valence-electron chi connectivity index (χ2n) is 0.310. The van der Waals surface area contributed by atoms with Crippen LogP contribution in [0.3, 0.4) is 0 Å². The van der Waals surface area contributed by atoms with Crippen LogP contribution in [0.1, 0.15) is 0 Å². The van der Waals surface area contributed by atoms with Crippen LogP contribution in [0, 0.1) is 10.1 Å². The van der Waals surface area contributed by atoms with E-state index in [9.17, 15) is 0 Å². The van der Waals surface area contributed by atoms with Gasteiger partial charge in [0.25, 0.3) is 0 Å². The van der Waals surface area contributed by atoms with E-state index in [1.807, 2.05) is 0 Å². The molecule has 0 atom stereocenters. The van der Waals surface area contributed by atoms with E-state index in [1.165, 1.54) is 0 Å². The Morgan fingerprint density at radius 3 is 2.20 bits per heavy atom. The van der Waals surface area contributed by atoms with Crippen LogP contribution in [0.5, 0.6) is 0 Å². The van der Waals surface area contributed by atoms with Crippen molar-refractivity contribution >= 4 is 0 Å². The van der Waals surface area contributed by atoms with E-state index >= 15 is 0 Å². The summed E-state index contributed by atoms with van der Waals surface area (Å²) in [6, 6.07) is 0. The molecular formula is H2IN2O2-. The molecule has 0 unspecified atom stereocenters. The molecule has 0 aliphatic heterocycles. The molecule has 32 valence electrons. The van der Waals surface area contributed by atoms with Crippen LogP contribution >= 0.6 is 0 Å². The van der Waals surface area contributed by atoms with Gasteiger partial charge in [0, 0.05) is 0 Å². The van der Waals surface area contributed by atoms with Crippen molar-refractivity contribution < 1.29 is 24.9 Å². The Hall–Kier alpha value is 0.0900. The number of hydrogen-bond donors (Lipinski definition) is 1. The van der Waals surface area contributed by atoms with Crippen molar-refractivity contribution in [2.75, 3.05) is 0 Å². The van der Waals surface area contributed by atoms with Crippen LogP contribution in [0.15, 0.2) is 0 Å². The first kappa shape index (κ1) is 5.09. The van der Waals surface area contributed by atoms with Crippen LogP contribution in [0.2, 0.25) is 0 Å². The van der Waals surface area contributed by atoms with Crippen molar-refractivity contribution in [3.8, 4) is 0 Å². The third kappa shape index (κ3) is 4.09. The van der Waals surface area contributed by atoms with Gasteiger partial charge in [-0.25, -0.2) is 0 Å². The van der Waals surface area contributed by atoms with E-state index in [4.69, 9.17) is 10.1 Å². The molecule has 0 radical (unpaired) electrons. The zero-order valence-corrected chi connectivity index (χ0v) is 4.38. The number of hydrogen-bond acceptors (Lipinski definition) is 3. The van der Waals surface area contributed by atoms with Gasteiger partial charge < -0.3 is 0 Å². The first-order chi connectivity index (χ1) is 2.27. The summed E-state index contributed by atoms with van der Waals surface area (Å²) >= 11 is -1.23. The fourth-order valence-corrected chi connectivity index (χ4v) is 0. The van der Waals surface area contributed by atoms with Gasteiger partial charge in [-0.05, 0) is 0 Å². The number of nitrogens with two attached hydrogens (primary N) is 1. The summed E-state index contributed by atoms with van der Waals surface area (Å²) in [4.78, 5) is 9.10. The molecule has 0 amide bonds. The molecule has 0 bridgehead atoms. The van der Waals surface area contributed by atoms with Crippen LogP contribution in [0.25, 0.3) is 0 Å². The Labute approximate surface area is 39.5 Å². The maximum atomic E-state index is 9.10. The van der Waals surface area contributed by atoms with E-state index in [1.54, 1.807) is 0 Å². The number of nitro groups is 1. The van der Waals surface area contributed by atoms with E-state index in [-0.39, 0.29) is 0 Å². The Balaban J connectivity index is 2.85. The van der Waals surface area contributed by atoms with Crippen molar-refractivity contribution in [2.45, 2.75) is 0 Å². The Morgan fingerprint density at radius 1 is 2.00 bits per heavy atom. The summed E-state index contributed by atoms with van der Waals surface area (Å²) < 4.78 is 4.10. The topological polar surface area (TPSA) is 69.2 Å². The van der Waals surface area contributed by atoms with Crippen LogP contribution in [0.4, 0.5) is 0 Å². The van der Waals surface area contributed by atoms with Crippen molar-refractivity contribution in [3.63, 3.8) is 0 Å². The van der Waals surface area contributed by atoms with Gasteiger partial charge in [-0.3, -0.25) is 0 Å². The fraction of sp³-hybridized carbons (Fsp3) is 0.